The van der Waals surface area contributed by atoms with Crippen molar-refractivity contribution in [3.8, 4) is 0 Å². The third kappa shape index (κ3) is 3.55. The fraction of sp³-hybridized carbons (Fsp3) is 0.350. The number of carboxylic acids is 1. The van der Waals surface area contributed by atoms with Crippen LogP contribution in [-0.2, 0) is 16.8 Å². The van der Waals surface area contributed by atoms with Gasteiger partial charge in [-0.1, -0.05) is 43.6 Å². The quantitative estimate of drug-likeness (QED) is 0.635. The molecule has 0 aliphatic carbocycles. The topological polar surface area (TPSA) is 40.5 Å². The van der Waals surface area contributed by atoms with Crippen molar-refractivity contribution in [3.05, 3.63) is 64.4 Å². The minimum absolute atomic E-state index is 0.215. The Balaban J connectivity index is 2.70. The lowest BCUT2D eigenvalue weighted by Gasteiger charge is -2.43. The molecule has 2 rings (SSSR count). The van der Waals surface area contributed by atoms with Crippen molar-refractivity contribution in [1.29, 1.82) is 0 Å². The number of hydrogen-bond acceptors (Lipinski definition) is 3. The number of carbonyl (C=O) groups is 1. The van der Waals surface area contributed by atoms with E-state index in [1.54, 1.807) is 37.4 Å². The third-order valence-electron chi connectivity index (χ3n) is 4.79. The number of thiol groups is 1. The molecule has 26 heavy (non-hydrogen) atoms. The second kappa shape index (κ2) is 8.31. The maximum atomic E-state index is 14.7. The molecule has 0 aliphatic rings. The Labute approximate surface area is 164 Å². The van der Waals surface area contributed by atoms with Crippen LogP contribution in [0, 0.1) is 5.82 Å². The van der Waals surface area contributed by atoms with Gasteiger partial charge < -0.3 is 10.0 Å². The number of carboxylic acid groups (broad SMARTS) is 1. The molecule has 0 bridgehead atoms. The molecule has 0 heterocycles. The van der Waals surface area contributed by atoms with Crippen LogP contribution in [0.25, 0.3) is 0 Å². The Morgan fingerprint density at radius 2 is 1.88 bits per heavy atom. The summed E-state index contributed by atoms with van der Waals surface area (Å²) < 4.78 is 14.7. The molecule has 0 saturated heterocycles. The molecule has 3 nitrogen and oxygen atoms in total. The number of anilines is 1. The summed E-state index contributed by atoms with van der Waals surface area (Å²) in [5, 5.41) is 10.2. The van der Waals surface area contributed by atoms with Crippen molar-refractivity contribution in [3.63, 3.8) is 0 Å². The normalized spacial score (nSPS) is 14.5. The zero-order valence-electron chi connectivity index (χ0n) is 15.0. The summed E-state index contributed by atoms with van der Waals surface area (Å²) in [5.74, 6) is -1.55. The summed E-state index contributed by atoms with van der Waals surface area (Å²) in [6.45, 7) is 3.80. The molecule has 2 aromatic rings. The van der Waals surface area contributed by atoms with E-state index in [0.717, 1.165) is 5.56 Å². The van der Waals surface area contributed by atoms with Crippen molar-refractivity contribution < 1.29 is 14.3 Å². The smallest absolute Gasteiger partial charge is 0.335 e. The van der Waals surface area contributed by atoms with Gasteiger partial charge in [-0.2, -0.15) is 12.6 Å². The molecule has 0 radical (unpaired) electrons. The van der Waals surface area contributed by atoms with Gasteiger partial charge in [0.15, 0.2) is 5.54 Å². The minimum Gasteiger partial charge on any atom is -0.479 e. The summed E-state index contributed by atoms with van der Waals surface area (Å²) in [5.41, 5.74) is 0.0200. The Bertz CT molecular complexity index is 784. The zero-order valence-corrected chi connectivity index (χ0v) is 16.7. The van der Waals surface area contributed by atoms with Crippen LogP contribution < -0.4 is 4.90 Å². The van der Waals surface area contributed by atoms with Gasteiger partial charge in [0.2, 0.25) is 0 Å². The first-order valence-corrected chi connectivity index (χ1v) is 9.38. The Hall–Kier alpha value is -1.72. The van der Waals surface area contributed by atoms with Gasteiger partial charge in [-0.15, -0.1) is 0 Å². The number of aliphatic carboxylic acids is 1. The molecule has 2 atom stereocenters. The van der Waals surface area contributed by atoms with Crippen LogP contribution in [0.1, 0.15) is 31.4 Å². The highest BCUT2D eigenvalue weighted by Crippen LogP contribution is 2.40. The summed E-state index contributed by atoms with van der Waals surface area (Å²) in [6, 6.07) is 11.5. The average Bonchev–Trinajstić information content (AvgIpc) is 2.62. The zero-order chi connectivity index (χ0) is 19.5. The van der Waals surface area contributed by atoms with Crippen molar-refractivity contribution >= 4 is 35.9 Å². The van der Waals surface area contributed by atoms with Gasteiger partial charge in [0.05, 0.1) is 5.69 Å². The number of likely N-dealkylation sites (N-methyl/N-ethyl adjacent to an activating group) is 1. The van der Waals surface area contributed by atoms with Gasteiger partial charge in [-0.05, 0) is 48.2 Å². The van der Waals surface area contributed by atoms with E-state index in [0.29, 0.717) is 23.4 Å². The number of nitrogens with zero attached hydrogens (tertiary/aromatic N) is 1. The second-order valence-corrected chi connectivity index (χ2v) is 7.26. The van der Waals surface area contributed by atoms with Crippen molar-refractivity contribution in [2.45, 2.75) is 37.5 Å². The largest absolute Gasteiger partial charge is 0.479 e. The lowest BCUT2D eigenvalue weighted by atomic mass is 9.83. The first-order valence-electron chi connectivity index (χ1n) is 8.48. The highest BCUT2D eigenvalue weighted by Gasteiger charge is 2.50. The van der Waals surface area contributed by atoms with Crippen LogP contribution in [0.4, 0.5) is 10.1 Å². The van der Waals surface area contributed by atoms with E-state index in [9.17, 15) is 14.3 Å². The lowest BCUT2D eigenvalue weighted by Crippen LogP contribution is -2.57. The number of benzene rings is 2. The van der Waals surface area contributed by atoms with Crippen molar-refractivity contribution in [1.82, 2.24) is 0 Å². The van der Waals surface area contributed by atoms with Crippen LogP contribution >= 0.6 is 24.2 Å². The van der Waals surface area contributed by atoms with E-state index >= 15 is 0 Å². The van der Waals surface area contributed by atoms with Crippen LogP contribution in [0.15, 0.2) is 42.5 Å². The van der Waals surface area contributed by atoms with E-state index in [-0.39, 0.29) is 5.69 Å². The number of hydrogen-bond donors (Lipinski definition) is 2. The standard InChI is InChI=1S/C20H23ClFNO2S/c1-4-13-6-11-17(16(22)12-13)23(3)20(19(24)25,18(26)5-2)14-7-9-15(21)10-8-14/h6-12,18,26H,4-5H2,1-3H3,(H,24,25)/t18-,20-/m0/s1. The van der Waals surface area contributed by atoms with Crippen LogP contribution in [-0.4, -0.2) is 23.4 Å². The summed E-state index contributed by atoms with van der Waals surface area (Å²) in [6.07, 6.45) is 1.18. The molecule has 0 saturated carbocycles. The average molecular weight is 396 g/mol. The number of halogens is 2. The molecule has 140 valence electrons. The van der Waals surface area contributed by atoms with Gasteiger partial charge in [0.25, 0.3) is 0 Å². The SMILES string of the molecule is CCc1ccc(N(C)[C@@](C(=O)O)(c2ccc(Cl)cc2)[C@@H](S)CC)c(F)c1. The molecular formula is C20H23ClFNO2S. The molecule has 0 aliphatic heterocycles. The van der Waals surface area contributed by atoms with Gasteiger partial charge in [0.1, 0.15) is 5.82 Å². The van der Waals surface area contributed by atoms with Gasteiger partial charge >= 0.3 is 5.97 Å². The first-order chi connectivity index (χ1) is 12.3. The fourth-order valence-corrected chi connectivity index (χ4v) is 3.81. The molecule has 0 fully saturated rings. The Kier molecular flexibility index (Phi) is 6.58. The van der Waals surface area contributed by atoms with Crippen LogP contribution in [0.2, 0.25) is 5.02 Å². The fourth-order valence-electron chi connectivity index (χ4n) is 3.25. The highest BCUT2D eigenvalue weighted by molar-refractivity contribution is 7.81. The molecule has 2 aromatic carbocycles. The number of rotatable bonds is 7. The van der Waals surface area contributed by atoms with E-state index in [1.807, 2.05) is 19.9 Å². The predicted molar refractivity (Wildman–Crippen MR) is 108 cm³/mol. The molecule has 0 aromatic heterocycles. The number of aryl methyl sites for hydroxylation is 1. The van der Waals surface area contributed by atoms with Crippen molar-refractivity contribution in [2.24, 2.45) is 0 Å². The van der Waals surface area contributed by atoms with E-state index in [2.05, 4.69) is 12.6 Å². The first kappa shape index (κ1) is 20.6. The van der Waals surface area contributed by atoms with E-state index < -0.39 is 22.6 Å². The molecule has 0 unspecified atom stereocenters. The monoisotopic (exact) mass is 395 g/mol. The molecule has 0 spiro atoms. The lowest BCUT2D eigenvalue weighted by molar-refractivity contribution is -0.143. The van der Waals surface area contributed by atoms with Crippen LogP contribution in [0.3, 0.4) is 0 Å². The summed E-state index contributed by atoms with van der Waals surface area (Å²) in [4.78, 5) is 14.0. The van der Waals surface area contributed by atoms with Crippen LogP contribution in [0.5, 0.6) is 0 Å². The Morgan fingerprint density at radius 3 is 2.35 bits per heavy atom. The molecule has 6 heteroatoms. The van der Waals surface area contributed by atoms with E-state index in [1.165, 1.54) is 11.0 Å². The van der Waals surface area contributed by atoms with Gasteiger partial charge in [0, 0.05) is 17.3 Å². The minimum atomic E-state index is -1.54. The highest BCUT2D eigenvalue weighted by atomic mass is 35.5. The maximum Gasteiger partial charge on any atom is 0.335 e. The van der Waals surface area contributed by atoms with Gasteiger partial charge in [-0.3, -0.25) is 0 Å². The van der Waals surface area contributed by atoms with E-state index in [4.69, 9.17) is 11.6 Å². The van der Waals surface area contributed by atoms with Crippen molar-refractivity contribution in [2.75, 3.05) is 11.9 Å². The molecule has 1 N–H and O–H groups in total. The Morgan fingerprint density at radius 1 is 1.27 bits per heavy atom. The third-order valence-corrected chi connectivity index (χ3v) is 5.78. The maximum absolute atomic E-state index is 14.7. The summed E-state index contributed by atoms with van der Waals surface area (Å²) in [7, 11) is 1.59. The summed E-state index contributed by atoms with van der Waals surface area (Å²) >= 11 is 10.5. The molecule has 0 amide bonds. The molecular weight excluding hydrogens is 373 g/mol. The van der Waals surface area contributed by atoms with Gasteiger partial charge in [-0.25, -0.2) is 9.18 Å². The predicted octanol–water partition coefficient (Wildman–Crippen LogP) is 5.17. The second-order valence-electron chi connectivity index (χ2n) is 6.20.